The fraction of sp³-hybridized carbons (Fsp3) is 0.250. The Morgan fingerprint density at radius 1 is 0.950 bits per heavy atom. The molecule has 0 spiro atoms. The molecule has 0 saturated carbocycles. The summed E-state index contributed by atoms with van der Waals surface area (Å²) in [5.41, 5.74) is 2.73. The molecule has 0 unspecified atom stereocenters. The molecule has 4 heteroatoms. The lowest BCUT2D eigenvalue weighted by molar-refractivity contribution is 0.271. The fourth-order valence-electron chi connectivity index (χ4n) is 1.98. The Hall–Kier alpha value is -2.23. The zero-order valence-electron chi connectivity index (χ0n) is 11.4. The summed E-state index contributed by atoms with van der Waals surface area (Å²) >= 11 is 0. The molecule has 1 heterocycles. The van der Waals surface area contributed by atoms with E-state index >= 15 is 0 Å². The fourth-order valence-corrected chi connectivity index (χ4v) is 1.98. The third-order valence-electron chi connectivity index (χ3n) is 2.95. The van der Waals surface area contributed by atoms with Crippen molar-refractivity contribution < 1.29 is 9.13 Å². The number of fused-ring (bicyclic) bond motifs is 2. The normalized spacial score (nSPS) is 11.4. The van der Waals surface area contributed by atoms with Gasteiger partial charge in [0.15, 0.2) is 0 Å². The highest BCUT2D eigenvalue weighted by Crippen LogP contribution is 2.21. The SMILES string of the molecule is CC(C)COc1ccc2nc3cc(F)ccc3nc2c1. The van der Waals surface area contributed by atoms with Crippen molar-refractivity contribution in [1.29, 1.82) is 0 Å². The Labute approximate surface area is 116 Å². The van der Waals surface area contributed by atoms with Crippen LogP contribution in [0, 0.1) is 11.7 Å². The van der Waals surface area contributed by atoms with Crippen LogP contribution in [0.1, 0.15) is 13.8 Å². The second kappa shape index (κ2) is 5.04. The predicted octanol–water partition coefficient (Wildman–Crippen LogP) is 3.96. The molecule has 0 bridgehead atoms. The summed E-state index contributed by atoms with van der Waals surface area (Å²) in [6, 6.07) is 10.0. The number of aromatic nitrogens is 2. The van der Waals surface area contributed by atoms with Crippen LogP contribution in [0.15, 0.2) is 36.4 Å². The summed E-state index contributed by atoms with van der Waals surface area (Å²) in [6.07, 6.45) is 0. The average Bonchev–Trinajstić information content (AvgIpc) is 2.42. The lowest BCUT2D eigenvalue weighted by Crippen LogP contribution is -2.04. The van der Waals surface area contributed by atoms with Crippen LogP contribution in [0.5, 0.6) is 5.75 Å². The van der Waals surface area contributed by atoms with Crippen molar-refractivity contribution in [2.24, 2.45) is 5.92 Å². The molecule has 0 aliphatic heterocycles. The van der Waals surface area contributed by atoms with Gasteiger partial charge < -0.3 is 4.74 Å². The van der Waals surface area contributed by atoms with Crippen molar-refractivity contribution in [3.8, 4) is 5.75 Å². The molecule has 0 aliphatic rings. The maximum absolute atomic E-state index is 13.2. The third kappa shape index (κ3) is 2.54. The molecule has 2 aromatic carbocycles. The molecule has 0 atom stereocenters. The van der Waals surface area contributed by atoms with E-state index in [1.165, 1.54) is 12.1 Å². The first-order valence-corrected chi connectivity index (χ1v) is 6.62. The van der Waals surface area contributed by atoms with E-state index in [9.17, 15) is 4.39 Å². The number of hydrogen-bond acceptors (Lipinski definition) is 3. The van der Waals surface area contributed by atoms with Gasteiger partial charge in [0.1, 0.15) is 11.6 Å². The van der Waals surface area contributed by atoms with Gasteiger partial charge in [-0.25, -0.2) is 14.4 Å². The quantitative estimate of drug-likeness (QED) is 0.676. The number of benzene rings is 2. The third-order valence-corrected chi connectivity index (χ3v) is 2.95. The van der Waals surface area contributed by atoms with Crippen LogP contribution in [0.2, 0.25) is 0 Å². The summed E-state index contributed by atoms with van der Waals surface area (Å²) in [5, 5.41) is 0. The van der Waals surface area contributed by atoms with Gasteiger partial charge in [-0.3, -0.25) is 0 Å². The highest BCUT2D eigenvalue weighted by atomic mass is 19.1. The number of nitrogens with zero attached hydrogens (tertiary/aromatic N) is 2. The average molecular weight is 270 g/mol. The van der Waals surface area contributed by atoms with E-state index in [2.05, 4.69) is 23.8 Å². The maximum Gasteiger partial charge on any atom is 0.125 e. The monoisotopic (exact) mass is 270 g/mol. The van der Waals surface area contributed by atoms with Crippen molar-refractivity contribution >= 4 is 22.1 Å². The molecular formula is C16H15FN2O. The first kappa shape index (κ1) is 12.8. The van der Waals surface area contributed by atoms with Crippen molar-refractivity contribution in [3.05, 3.63) is 42.2 Å². The Morgan fingerprint density at radius 2 is 1.60 bits per heavy atom. The molecule has 0 fully saturated rings. The first-order valence-electron chi connectivity index (χ1n) is 6.62. The van der Waals surface area contributed by atoms with Gasteiger partial charge in [0, 0.05) is 12.1 Å². The second-order valence-corrected chi connectivity index (χ2v) is 5.21. The van der Waals surface area contributed by atoms with Gasteiger partial charge in [-0.2, -0.15) is 0 Å². The summed E-state index contributed by atoms with van der Waals surface area (Å²) in [5.74, 6) is 0.946. The standard InChI is InChI=1S/C16H15FN2O/c1-10(2)9-20-12-4-6-14-16(8-12)19-13-5-3-11(17)7-15(13)18-14/h3-8,10H,9H2,1-2H3. The highest BCUT2D eigenvalue weighted by Gasteiger charge is 2.05. The number of rotatable bonds is 3. The molecule has 0 aliphatic carbocycles. The van der Waals surface area contributed by atoms with Crippen molar-refractivity contribution in [1.82, 2.24) is 9.97 Å². The molecule has 0 saturated heterocycles. The summed E-state index contributed by atoms with van der Waals surface area (Å²) in [6.45, 7) is 4.86. The molecule has 0 radical (unpaired) electrons. The Balaban J connectivity index is 2.05. The van der Waals surface area contributed by atoms with E-state index in [-0.39, 0.29) is 5.82 Å². The molecule has 0 amide bonds. The Morgan fingerprint density at radius 3 is 2.30 bits per heavy atom. The van der Waals surface area contributed by atoms with E-state index in [4.69, 9.17) is 4.74 Å². The van der Waals surface area contributed by atoms with Gasteiger partial charge in [0.05, 0.1) is 28.7 Å². The maximum atomic E-state index is 13.2. The van der Waals surface area contributed by atoms with Crippen LogP contribution in [0.4, 0.5) is 4.39 Å². The number of ether oxygens (including phenoxy) is 1. The number of halogens is 1. The molecule has 1 aromatic heterocycles. The lowest BCUT2D eigenvalue weighted by atomic mass is 10.2. The van der Waals surface area contributed by atoms with E-state index in [1.807, 2.05) is 18.2 Å². The van der Waals surface area contributed by atoms with Crippen molar-refractivity contribution in [2.45, 2.75) is 13.8 Å². The molecule has 3 nitrogen and oxygen atoms in total. The van der Waals surface area contributed by atoms with Gasteiger partial charge in [0.2, 0.25) is 0 Å². The lowest BCUT2D eigenvalue weighted by Gasteiger charge is -2.09. The zero-order valence-corrected chi connectivity index (χ0v) is 11.4. The topological polar surface area (TPSA) is 35.0 Å². The molecular weight excluding hydrogens is 255 g/mol. The smallest absolute Gasteiger partial charge is 0.125 e. The van der Waals surface area contributed by atoms with Gasteiger partial charge in [0.25, 0.3) is 0 Å². The van der Waals surface area contributed by atoms with Crippen LogP contribution in [0.25, 0.3) is 22.1 Å². The van der Waals surface area contributed by atoms with E-state index < -0.39 is 0 Å². The molecule has 102 valence electrons. The molecule has 3 rings (SSSR count). The van der Waals surface area contributed by atoms with E-state index in [0.29, 0.717) is 23.6 Å². The minimum atomic E-state index is -0.303. The summed E-state index contributed by atoms with van der Waals surface area (Å²) < 4.78 is 18.9. The number of hydrogen-bond donors (Lipinski definition) is 0. The van der Waals surface area contributed by atoms with Gasteiger partial charge in [-0.15, -0.1) is 0 Å². The van der Waals surface area contributed by atoms with Gasteiger partial charge in [-0.1, -0.05) is 13.8 Å². The summed E-state index contributed by atoms with van der Waals surface area (Å²) in [4.78, 5) is 8.91. The van der Waals surface area contributed by atoms with Crippen LogP contribution in [-0.4, -0.2) is 16.6 Å². The van der Waals surface area contributed by atoms with Crippen LogP contribution in [0.3, 0.4) is 0 Å². The van der Waals surface area contributed by atoms with Crippen LogP contribution < -0.4 is 4.74 Å². The minimum Gasteiger partial charge on any atom is -0.493 e. The zero-order chi connectivity index (χ0) is 14.1. The van der Waals surface area contributed by atoms with Gasteiger partial charge in [-0.05, 0) is 30.2 Å². The van der Waals surface area contributed by atoms with Crippen molar-refractivity contribution in [2.75, 3.05) is 6.61 Å². The molecule has 0 N–H and O–H groups in total. The highest BCUT2D eigenvalue weighted by molar-refractivity contribution is 5.86. The largest absolute Gasteiger partial charge is 0.493 e. The van der Waals surface area contributed by atoms with Crippen LogP contribution >= 0.6 is 0 Å². The minimum absolute atomic E-state index is 0.303. The molecule has 20 heavy (non-hydrogen) atoms. The first-order chi connectivity index (χ1) is 9.61. The Bertz CT molecular complexity index is 771. The Kier molecular flexibility index (Phi) is 3.22. The predicted molar refractivity (Wildman–Crippen MR) is 77.3 cm³/mol. The van der Waals surface area contributed by atoms with Crippen molar-refractivity contribution in [3.63, 3.8) is 0 Å². The van der Waals surface area contributed by atoms with Crippen LogP contribution in [-0.2, 0) is 0 Å². The summed E-state index contributed by atoms with van der Waals surface area (Å²) in [7, 11) is 0. The van der Waals surface area contributed by atoms with E-state index in [1.54, 1.807) is 6.07 Å². The van der Waals surface area contributed by atoms with Gasteiger partial charge >= 0.3 is 0 Å². The molecule has 3 aromatic rings. The van der Waals surface area contributed by atoms with E-state index in [0.717, 1.165) is 16.8 Å². The second-order valence-electron chi connectivity index (χ2n) is 5.21.